The second kappa shape index (κ2) is 10.7. The Morgan fingerprint density at radius 3 is 2.46 bits per heavy atom. The van der Waals surface area contributed by atoms with Gasteiger partial charge >= 0.3 is 0 Å². The highest BCUT2D eigenvalue weighted by Gasteiger charge is 2.27. The van der Waals surface area contributed by atoms with Crippen LogP contribution in [0.1, 0.15) is 38.7 Å². The van der Waals surface area contributed by atoms with E-state index in [0.29, 0.717) is 16.8 Å². The fourth-order valence-corrected chi connectivity index (χ4v) is 5.94. The van der Waals surface area contributed by atoms with Crippen LogP contribution in [-0.2, 0) is 16.3 Å². The zero-order chi connectivity index (χ0) is 26.0. The number of hydrogen-bond donors (Lipinski definition) is 0. The minimum Gasteiger partial charge on any atom is -0.467 e. The first-order chi connectivity index (χ1) is 17.8. The van der Waals surface area contributed by atoms with Gasteiger partial charge in [0.25, 0.3) is 5.19 Å². The second-order valence-corrected chi connectivity index (χ2v) is 12.3. The van der Waals surface area contributed by atoms with E-state index < -0.39 is 9.84 Å². The highest BCUT2D eigenvalue weighted by molar-refractivity contribution is 7.90. The van der Waals surface area contributed by atoms with Gasteiger partial charge in [0.05, 0.1) is 5.69 Å². The van der Waals surface area contributed by atoms with E-state index in [1.54, 1.807) is 6.07 Å². The van der Waals surface area contributed by atoms with E-state index in [-0.39, 0.29) is 11.1 Å². The first kappa shape index (κ1) is 25.5. The van der Waals surface area contributed by atoms with E-state index in [0.717, 1.165) is 66.9 Å². The smallest absolute Gasteiger partial charge is 0.276 e. The molecule has 5 heterocycles. The molecule has 11 heteroatoms. The van der Waals surface area contributed by atoms with Crippen LogP contribution in [0.15, 0.2) is 47.9 Å². The Morgan fingerprint density at radius 1 is 1.05 bits per heavy atom. The van der Waals surface area contributed by atoms with E-state index in [4.69, 9.17) is 9.72 Å². The van der Waals surface area contributed by atoms with Crippen molar-refractivity contribution in [2.24, 2.45) is 5.92 Å². The lowest BCUT2D eigenvalue weighted by Gasteiger charge is -2.34. The summed E-state index contributed by atoms with van der Waals surface area (Å²) < 4.78 is 29.6. The third kappa shape index (κ3) is 5.88. The average Bonchev–Trinajstić information content (AvgIpc) is 3.30. The number of hydrogen-bond acceptors (Lipinski definition) is 10. The first-order valence-electron chi connectivity index (χ1n) is 12.5. The maximum Gasteiger partial charge on any atom is 0.276 e. The predicted octanol–water partition coefficient (Wildman–Crippen LogP) is 4.58. The van der Waals surface area contributed by atoms with Gasteiger partial charge in [0.2, 0.25) is 5.95 Å². The van der Waals surface area contributed by atoms with Gasteiger partial charge in [0.15, 0.2) is 14.9 Å². The Bertz CT molecular complexity index is 1460. The summed E-state index contributed by atoms with van der Waals surface area (Å²) >= 11 is 1.42. The Balaban J connectivity index is 1.21. The minimum atomic E-state index is -3.34. The number of ether oxygens (including phenoxy) is 1. The molecular weight excluding hydrogens is 508 g/mol. The number of piperidine rings is 1. The van der Waals surface area contributed by atoms with Gasteiger partial charge in [-0.05, 0) is 61.9 Å². The number of sulfone groups is 1. The number of fused-ring (bicyclic) bond motifs is 1. The maximum atomic E-state index is 11.7. The molecule has 0 bridgehead atoms. The van der Waals surface area contributed by atoms with Gasteiger partial charge in [-0.2, -0.15) is 0 Å². The van der Waals surface area contributed by atoms with Gasteiger partial charge < -0.3 is 9.64 Å². The summed E-state index contributed by atoms with van der Waals surface area (Å²) in [7, 11) is -3.34. The van der Waals surface area contributed by atoms with E-state index in [9.17, 15) is 8.42 Å². The monoisotopic (exact) mass is 538 g/mol. The molecule has 1 fully saturated rings. The molecule has 0 aliphatic carbocycles. The van der Waals surface area contributed by atoms with Crippen molar-refractivity contribution in [3.8, 4) is 16.5 Å². The Kier molecular flexibility index (Phi) is 7.34. The number of rotatable bonds is 8. The Morgan fingerprint density at radius 2 is 1.81 bits per heavy atom. The van der Waals surface area contributed by atoms with Crippen molar-refractivity contribution in [1.82, 2.24) is 24.9 Å². The molecule has 4 aromatic heterocycles. The van der Waals surface area contributed by atoms with Gasteiger partial charge in [0, 0.05) is 43.5 Å². The number of nitrogens with zero attached hydrogens (tertiary/aromatic N) is 6. The van der Waals surface area contributed by atoms with Gasteiger partial charge in [-0.3, -0.25) is 0 Å². The zero-order valence-corrected chi connectivity index (χ0v) is 22.8. The van der Waals surface area contributed by atoms with Crippen LogP contribution >= 0.6 is 11.3 Å². The molecular formula is C26H30N6O3S2. The number of aromatic nitrogens is 5. The number of aryl methyl sites for hydroxylation is 1. The zero-order valence-electron chi connectivity index (χ0n) is 21.2. The molecule has 0 saturated carbocycles. The van der Waals surface area contributed by atoms with Crippen LogP contribution < -0.4 is 9.64 Å². The molecule has 0 radical (unpaired) electrons. The lowest BCUT2D eigenvalue weighted by molar-refractivity contribution is 0.132. The summed E-state index contributed by atoms with van der Waals surface area (Å²) in [5.41, 5.74) is 3.41. The normalized spacial score (nSPS) is 15.7. The summed E-state index contributed by atoms with van der Waals surface area (Å²) in [6.07, 6.45) is 10.7. The lowest BCUT2D eigenvalue weighted by Crippen LogP contribution is -2.39. The summed E-state index contributed by atoms with van der Waals surface area (Å²) in [4.78, 5) is 25.5. The molecule has 5 rings (SSSR count). The van der Waals surface area contributed by atoms with Crippen molar-refractivity contribution in [3.63, 3.8) is 0 Å². The van der Waals surface area contributed by atoms with E-state index in [2.05, 4.69) is 38.7 Å². The summed E-state index contributed by atoms with van der Waals surface area (Å²) in [6, 6.07) is 6.98. The second-order valence-electron chi connectivity index (χ2n) is 9.45. The van der Waals surface area contributed by atoms with Crippen LogP contribution in [0, 0.1) is 5.92 Å². The predicted molar refractivity (Wildman–Crippen MR) is 145 cm³/mol. The highest BCUT2D eigenvalue weighted by Crippen LogP contribution is 2.32. The van der Waals surface area contributed by atoms with Crippen LogP contribution in [0.3, 0.4) is 0 Å². The Hall–Kier alpha value is -3.18. The number of pyridine rings is 2. The molecule has 1 atom stereocenters. The van der Waals surface area contributed by atoms with Crippen molar-refractivity contribution in [2.75, 3.05) is 24.2 Å². The molecule has 0 aromatic carbocycles. The largest absolute Gasteiger partial charge is 0.467 e. The molecule has 0 amide bonds. The number of anilines is 1. The molecule has 9 nitrogen and oxygen atoms in total. The summed E-state index contributed by atoms with van der Waals surface area (Å²) in [5, 5.41) is 0.651. The fraction of sp³-hybridized carbons (Fsp3) is 0.423. The molecule has 0 N–H and O–H groups in total. The maximum absolute atomic E-state index is 11.7. The van der Waals surface area contributed by atoms with Crippen LogP contribution in [0.5, 0.6) is 5.19 Å². The van der Waals surface area contributed by atoms with E-state index in [1.165, 1.54) is 29.2 Å². The molecule has 1 saturated heterocycles. The van der Waals surface area contributed by atoms with Crippen LogP contribution in [0.2, 0.25) is 0 Å². The van der Waals surface area contributed by atoms with Crippen LogP contribution in [-0.4, -0.2) is 58.8 Å². The van der Waals surface area contributed by atoms with Crippen molar-refractivity contribution < 1.29 is 13.2 Å². The molecule has 194 valence electrons. The first-order valence-corrected chi connectivity index (χ1v) is 15.2. The SMILES string of the molecule is CCCc1cnc(N2CCC([C@H](C)Oc3nc4ccc(-c5ccc(S(C)(=O)=O)nc5)nc4s3)CC2)nc1. The average molecular weight is 539 g/mol. The fourth-order valence-electron chi connectivity index (χ4n) is 4.51. The third-order valence-electron chi connectivity index (χ3n) is 6.65. The van der Waals surface area contributed by atoms with Crippen molar-refractivity contribution >= 4 is 37.5 Å². The molecule has 1 aliphatic heterocycles. The number of thiazole rings is 1. The van der Waals surface area contributed by atoms with E-state index >= 15 is 0 Å². The highest BCUT2D eigenvalue weighted by atomic mass is 32.2. The topological polar surface area (TPSA) is 111 Å². The molecule has 0 unspecified atom stereocenters. The molecule has 4 aromatic rings. The van der Waals surface area contributed by atoms with Gasteiger partial charge in [-0.1, -0.05) is 24.7 Å². The van der Waals surface area contributed by atoms with E-state index in [1.807, 2.05) is 24.5 Å². The van der Waals surface area contributed by atoms with Crippen LogP contribution in [0.4, 0.5) is 5.95 Å². The lowest BCUT2D eigenvalue weighted by atomic mass is 9.92. The third-order valence-corrected chi connectivity index (χ3v) is 8.51. The van der Waals surface area contributed by atoms with Gasteiger partial charge in [0.1, 0.15) is 16.5 Å². The quantitative estimate of drug-likeness (QED) is 0.318. The van der Waals surface area contributed by atoms with Crippen molar-refractivity contribution in [1.29, 1.82) is 0 Å². The molecule has 0 spiro atoms. The minimum absolute atomic E-state index is 0.0303. The summed E-state index contributed by atoms with van der Waals surface area (Å²) in [6.45, 7) is 6.08. The molecule has 1 aliphatic rings. The van der Waals surface area contributed by atoms with Crippen molar-refractivity contribution in [2.45, 2.75) is 50.7 Å². The standard InChI is InChI=1S/C26H30N6O3S2/c1-4-5-18-14-28-25(29-15-18)32-12-10-19(11-13-32)17(2)35-26-31-22-8-7-21(30-24(22)36-26)20-6-9-23(27-16-20)37(3,33)34/h6-9,14-17,19H,4-5,10-13H2,1-3H3/t17-/m0/s1. The van der Waals surface area contributed by atoms with Gasteiger partial charge in [-0.25, -0.2) is 33.3 Å². The van der Waals surface area contributed by atoms with Crippen molar-refractivity contribution in [3.05, 3.63) is 48.4 Å². The Labute approximate surface area is 220 Å². The van der Waals surface area contributed by atoms with Gasteiger partial charge in [-0.15, -0.1) is 0 Å². The summed E-state index contributed by atoms with van der Waals surface area (Å²) in [5.74, 6) is 1.23. The van der Waals surface area contributed by atoms with Crippen LogP contribution in [0.25, 0.3) is 21.6 Å². The molecule has 37 heavy (non-hydrogen) atoms.